The van der Waals surface area contributed by atoms with Crippen LogP contribution in [0.15, 0.2) is 41.8 Å². The Bertz CT molecular complexity index is 642. The molecule has 2 heterocycles. The fraction of sp³-hybridized carbons (Fsp3) is 0.353. The molecule has 1 aromatic carbocycles. The Morgan fingerprint density at radius 1 is 1.24 bits per heavy atom. The molecule has 110 valence electrons. The number of likely N-dealkylation sites (tertiary alicyclic amines) is 1. The number of thiophene rings is 1. The number of hydrogen-bond donors (Lipinski definition) is 1. The van der Waals surface area contributed by atoms with E-state index in [9.17, 15) is 9.90 Å². The normalized spacial score (nSPS) is 16.9. The Balaban J connectivity index is 1.81. The summed E-state index contributed by atoms with van der Waals surface area (Å²) in [6.45, 7) is 4.83. The first kappa shape index (κ1) is 14.3. The summed E-state index contributed by atoms with van der Waals surface area (Å²) in [7, 11) is 0. The number of amides is 1. The van der Waals surface area contributed by atoms with E-state index in [0.29, 0.717) is 13.1 Å². The summed E-state index contributed by atoms with van der Waals surface area (Å²) in [4.78, 5) is 15.1. The molecular weight excluding hydrogens is 282 g/mol. The van der Waals surface area contributed by atoms with E-state index in [0.717, 1.165) is 16.0 Å². The van der Waals surface area contributed by atoms with Gasteiger partial charge in [0.15, 0.2) is 0 Å². The van der Waals surface area contributed by atoms with E-state index >= 15 is 0 Å². The van der Waals surface area contributed by atoms with Crippen LogP contribution in [0.5, 0.6) is 0 Å². The molecule has 1 aliphatic heterocycles. The summed E-state index contributed by atoms with van der Waals surface area (Å²) in [6, 6.07) is 11.9. The number of rotatable bonds is 3. The summed E-state index contributed by atoms with van der Waals surface area (Å²) in [6.07, 6.45) is 0. The molecule has 0 bridgehead atoms. The Labute approximate surface area is 128 Å². The molecule has 1 aliphatic rings. The van der Waals surface area contributed by atoms with Crippen molar-refractivity contribution in [1.29, 1.82) is 0 Å². The van der Waals surface area contributed by atoms with Gasteiger partial charge in [0.05, 0.1) is 18.0 Å². The van der Waals surface area contributed by atoms with Crippen LogP contribution in [0, 0.1) is 5.92 Å². The predicted octanol–water partition coefficient (Wildman–Crippen LogP) is 3.26. The minimum atomic E-state index is -0.722. The molecule has 0 spiro atoms. The van der Waals surface area contributed by atoms with Crippen LogP contribution in [0.2, 0.25) is 0 Å². The standard InChI is InChI=1S/C17H19NO2S/c1-12(2)17(20)10-18(11-17)16(19)15-14(8-9-21-15)13-6-4-3-5-7-13/h3-9,12,20H,10-11H2,1-2H3. The number of hydrogen-bond acceptors (Lipinski definition) is 3. The van der Waals surface area contributed by atoms with Gasteiger partial charge in [0, 0.05) is 5.56 Å². The second kappa shape index (κ2) is 5.28. The van der Waals surface area contributed by atoms with Crippen LogP contribution >= 0.6 is 11.3 Å². The van der Waals surface area contributed by atoms with Crippen molar-refractivity contribution in [3.05, 3.63) is 46.7 Å². The molecule has 3 nitrogen and oxygen atoms in total. The fourth-order valence-electron chi connectivity index (χ4n) is 2.59. The van der Waals surface area contributed by atoms with Gasteiger partial charge in [-0.2, -0.15) is 0 Å². The summed E-state index contributed by atoms with van der Waals surface area (Å²) >= 11 is 1.47. The third kappa shape index (κ3) is 2.49. The number of nitrogens with zero attached hydrogens (tertiary/aromatic N) is 1. The lowest BCUT2D eigenvalue weighted by Gasteiger charge is -2.48. The monoisotopic (exact) mass is 301 g/mol. The summed E-state index contributed by atoms with van der Waals surface area (Å²) in [5, 5.41) is 12.2. The topological polar surface area (TPSA) is 40.5 Å². The third-order valence-electron chi connectivity index (χ3n) is 4.24. The van der Waals surface area contributed by atoms with E-state index in [-0.39, 0.29) is 11.8 Å². The molecule has 2 aromatic rings. The minimum absolute atomic E-state index is 0.0224. The molecular formula is C17H19NO2S. The lowest BCUT2D eigenvalue weighted by molar-refractivity contribution is -0.110. The van der Waals surface area contributed by atoms with Gasteiger partial charge in [0.2, 0.25) is 0 Å². The zero-order valence-electron chi connectivity index (χ0n) is 12.2. The first-order valence-electron chi connectivity index (χ1n) is 7.16. The molecule has 1 saturated heterocycles. The Kier molecular flexibility index (Phi) is 3.59. The van der Waals surface area contributed by atoms with Crippen LogP contribution in [0.1, 0.15) is 23.5 Å². The second-order valence-corrected chi connectivity index (χ2v) is 6.87. The fourth-order valence-corrected chi connectivity index (χ4v) is 3.47. The predicted molar refractivity (Wildman–Crippen MR) is 85.4 cm³/mol. The van der Waals surface area contributed by atoms with Crippen LogP contribution in [0.25, 0.3) is 11.1 Å². The van der Waals surface area contributed by atoms with Gasteiger partial charge in [0.1, 0.15) is 5.60 Å². The SMILES string of the molecule is CC(C)C1(O)CN(C(=O)c2sccc2-c2ccccc2)C1. The van der Waals surface area contributed by atoms with Crippen molar-refractivity contribution in [3.8, 4) is 11.1 Å². The van der Waals surface area contributed by atoms with Crippen LogP contribution in [0.3, 0.4) is 0 Å². The lowest BCUT2D eigenvalue weighted by atomic mass is 9.83. The zero-order chi connectivity index (χ0) is 15.0. The molecule has 3 rings (SSSR count). The van der Waals surface area contributed by atoms with E-state index in [2.05, 4.69) is 0 Å². The molecule has 0 atom stereocenters. The van der Waals surface area contributed by atoms with Gasteiger partial charge in [-0.25, -0.2) is 0 Å². The minimum Gasteiger partial charge on any atom is -0.386 e. The van der Waals surface area contributed by atoms with E-state index in [1.807, 2.05) is 55.6 Å². The van der Waals surface area contributed by atoms with E-state index in [4.69, 9.17) is 0 Å². The maximum Gasteiger partial charge on any atom is 0.264 e. The van der Waals surface area contributed by atoms with Gasteiger partial charge in [-0.1, -0.05) is 44.2 Å². The highest BCUT2D eigenvalue weighted by Gasteiger charge is 2.46. The highest BCUT2D eigenvalue weighted by atomic mass is 32.1. The van der Waals surface area contributed by atoms with Gasteiger partial charge in [-0.15, -0.1) is 11.3 Å². The van der Waals surface area contributed by atoms with Crippen LogP contribution in [-0.2, 0) is 0 Å². The van der Waals surface area contributed by atoms with Crippen molar-refractivity contribution < 1.29 is 9.90 Å². The molecule has 0 aliphatic carbocycles. The van der Waals surface area contributed by atoms with Crippen molar-refractivity contribution in [2.75, 3.05) is 13.1 Å². The van der Waals surface area contributed by atoms with Gasteiger partial charge >= 0.3 is 0 Å². The van der Waals surface area contributed by atoms with Crippen molar-refractivity contribution in [2.24, 2.45) is 5.92 Å². The second-order valence-electron chi connectivity index (χ2n) is 5.95. The molecule has 0 radical (unpaired) electrons. The van der Waals surface area contributed by atoms with E-state index in [1.165, 1.54) is 11.3 Å². The molecule has 1 N–H and O–H groups in total. The molecule has 1 fully saturated rings. The van der Waals surface area contributed by atoms with Gasteiger partial charge in [-0.3, -0.25) is 4.79 Å². The van der Waals surface area contributed by atoms with Gasteiger partial charge < -0.3 is 10.0 Å². The smallest absolute Gasteiger partial charge is 0.264 e. The number of aliphatic hydroxyl groups is 1. The number of carbonyl (C=O) groups excluding carboxylic acids is 1. The van der Waals surface area contributed by atoms with Crippen LogP contribution in [0.4, 0.5) is 0 Å². The molecule has 1 amide bonds. The van der Waals surface area contributed by atoms with Crippen molar-refractivity contribution in [3.63, 3.8) is 0 Å². The Hall–Kier alpha value is -1.65. The molecule has 4 heteroatoms. The molecule has 1 aromatic heterocycles. The van der Waals surface area contributed by atoms with E-state index in [1.54, 1.807) is 4.90 Å². The first-order chi connectivity index (χ1) is 10.0. The average molecular weight is 301 g/mol. The highest BCUT2D eigenvalue weighted by molar-refractivity contribution is 7.12. The molecule has 0 saturated carbocycles. The number of β-amino-alcohol motifs (C(OH)–C–C–N with tert-alkyl or cyclic N) is 1. The van der Waals surface area contributed by atoms with Crippen LogP contribution < -0.4 is 0 Å². The first-order valence-corrected chi connectivity index (χ1v) is 8.04. The maximum atomic E-state index is 12.6. The summed E-state index contributed by atoms with van der Waals surface area (Å²) < 4.78 is 0. The number of benzene rings is 1. The highest BCUT2D eigenvalue weighted by Crippen LogP contribution is 2.34. The molecule has 21 heavy (non-hydrogen) atoms. The average Bonchev–Trinajstić information content (AvgIpc) is 2.93. The Morgan fingerprint density at radius 2 is 1.90 bits per heavy atom. The van der Waals surface area contributed by atoms with Crippen molar-refractivity contribution in [2.45, 2.75) is 19.4 Å². The van der Waals surface area contributed by atoms with Gasteiger partial charge in [-0.05, 0) is 22.9 Å². The largest absolute Gasteiger partial charge is 0.386 e. The zero-order valence-corrected chi connectivity index (χ0v) is 13.1. The maximum absolute atomic E-state index is 12.6. The van der Waals surface area contributed by atoms with Gasteiger partial charge in [0.25, 0.3) is 5.91 Å². The van der Waals surface area contributed by atoms with Crippen LogP contribution in [-0.4, -0.2) is 34.6 Å². The summed E-state index contributed by atoms with van der Waals surface area (Å²) in [5.41, 5.74) is 1.31. The lowest BCUT2D eigenvalue weighted by Crippen LogP contribution is -2.65. The molecule has 0 unspecified atom stereocenters. The Morgan fingerprint density at radius 3 is 2.52 bits per heavy atom. The third-order valence-corrected chi connectivity index (χ3v) is 5.14. The van der Waals surface area contributed by atoms with E-state index < -0.39 is 5.60 Å². The number of carbonyl (C=O) groups is 1. The summed E-state index contributed by atoms with van der Waals surface area (Å²) in [5.74, 6) is 0.188. The van der Waals surface area contributed by atoms with Crippen molar-refractivity contribution in [1.82, 2.24) is 4.90 Å². The quantitative estimate of drug-likeness (QED) is 0.945. The van der Waals surface area contributed by atoms with Crippen molar-refractivity contribution >= 4 is 17.2 Å².